The van der Waals surface area contributed by atoms with Crippen molar-refractivity contribution in [2.24, 2.45) is 23.7 Å². The fourth-order valence-corrected chi connectivity index (χ4v) is 11.8. The number of ether oxygens (including phenoxy) is 2. The molecule has 10 atom stereocenters. The van der Waals surface area contributed by atoms with Crippen molar-refractivity contribution in [2.75, 3.05) is 46.3 Å². The average molecular weight is 1160 g/mol. The summed E-state index contributed by atoms with van der Waals surface area (Å²) in [7, 11) is 4.75. The first-order chi connectivity index (χ1) is 39.8. The number of hydrogen-bond donors (Lipinski definition) is 6. The first-order valence-electron chi connectivity index (χ1n) is 30.1. The second-order valence-electron chi connectivity index (χ2n) is 23.2. The van der Waals surface area contributed by atoms with Crippen molar-refractivity contribution in [2.45, 2.75) is 193 Å². The zero-order chi connectivity index (χ0) is 60.6. The molecule has 83 heavy (non-hydrogen) atoms. The molecule has 20 heteroatoms. The van der Waals surface area contributed by atoms with Gasteiger partial charge in [-0.05, 0) is 98.8 Å². The van der Waals surface area contributed by atoms with E-state index in [9.17, 15) is 43.2 Å². The van der Waals surface area contributed by atoms with E-state index in [0.717, 1.165) is 36.8 Å². The van der Waals surface area contributed by atoms with Crippen LogP contribution >= 0.6 is 0 Å². The number of rotatable bonds is 35. The highest BCUT2D eigenvalue weighted by molar-refractivity contribution is 6.12. The topological polar surface area (TPSA) is 262 Å². The van der Waals surface area contributed by atoms with Crippen LogP contribution in [0.2, 0.25) is 0 Å². The van der Waals surface area contributed by atoms with Gasteiger partial charge in [-0.25, -0.2) is 0 Å². The van der Waals surface area contributed by atoms with Gasteiger partial charge in [0.1, 0.15) is 12.1 Å². The number of carbonyl (C=O) groups is 9. The van der Waals surface area contributed by atoms with Gasteiger partial charge < -0.3 is 51.0 Å². The molecule has 1 saturated heterocycles. The second-order valence-corrected chi connectivity index (χ2v) is 23.2. The lowest BCUT2D eigenvalue weighted by Gasteiger charge is -2.41. The maximum absolute atomic E-state index is 14.6. The van der Waals surface area contributed by atoms with Crippen LogP contribution < -0.4 is 26.6 Å². The number of carbonyl (C=O) groups excluding carboxylic acids is 9. The molecule has 1 saturated carbocycles. The third-order valence-corrected chi connectivity index (χ3v) is 16.8. The Morgan fingerprint density at radius 2 is 1.43 bits per heavy atom. The highest BCUT2D eigenvalue weighted by Crippen LogP contribution is 2.31. The maximum Gasteiger partial charge on any atom is 0.253 e. The molecule has 0 radical (unpaired) electrons. The zero-order valence-corrected chi connectivity index (χ0v) is 50.3. The Morgan fingerprint density at radius 3 is 2.07 bits per heavy atom. The van der Waals surface area contributed by atoms with E-state index in [2.05, 4.69) is 26.6 Å². The lowest BCUT2D eigenvalue weighted by Crippen LogP contribution is -2.58. The molecule has 1 unspecified atom stereocenters. The highest BCUT2D eigenvalue weighted by atomic mass is 16.5. The summed E-state index contributed by atoms with van der Waals surface area (Å²) in [5, 5.41) is 24.0. The number of methoxy groups -OCH3 is 2. The van der Waals surface area contributed by atoms with Crippen LogP contribution in [0.25, 0.3) is 0 Å². The molecule has 2 aromatic rings. The monoisotopic (exact) mass is 1150 g/mol. The quantitative estimate of drug-likeness (QED) is 0.0357. The fraction of sp³-hybridized carbons (Fsp3) is 0.635. The van der Waals surface area contributed by atoms with Crippen LogP contribution in [0.15, 0.2) is 66.7 Å². The normalized spacial score (nSPS) is 19.4. The number of anilines is 1. The molecular weight excluding hydrogens is 1060 g/mol. The summed E-state index contributed by atoms with van der Waals surface area (Å²) in [5.74, 6) is -3.43. The van der Waals surface area contributed by atoms with Crippen LogP contribution in [0.5, 0.6) is 0 Å². The van der Waals surface area contributed by atoms with Gasteiger partial charge in [-0.3, -0.25) is 48.1 Å². The van der Waals surface area contributed by atoms with E-state index in [0.29, 0.717) is 83.0 Å². The third-order valence-electron chi connectivity index (χ3n) is 16.8. The Labute approximate surface area is 491 Å². The number of aliphatic hydroxyl groups is 1. The number of imide groups is 1. The summed E-state index contributed by atoms with van der Waals surface area (Å²) >= 11 is 0. The molecule has 0 aromatic heterocycles. The lowest BCUT2D eigenvalue weighted by atomic mass is 9.89. The minimum absolute atomic E-state index is 0.00154. The molecule has 6 N–H and O–H groups in total. The predicted octanol–water partition coefficient (Wildman–Crippen LogP) is 5.74. The number of nitrogens with one attached hydrogen (secondary N) is 5. The first-order valence-corrected chi connectivity index (χ1v) is 30.1. The molecule has 2 fully saturated rings. The van der Waals surface area contributed by atoms with Gasteiger partial charge in [0.2, 0.25) is 41.4 Å². The van der Waals surface area contributed by atoms with Crippen molar-refractivity contribution < 1.29 is 57.7 Å². The number of nitrogens with zero attached hydrogens (tertiary/aromatic N) is 3. The third kappa shape index (κ3) is 20.7. The van der Waals surface area contributed by atoms with Crippen molar-refractivity contribution in [3.8, 4) is 0 Å². The Balaban J connectivity index is 1.16. The molecule has 2 aliphatic heterocycles. The number of hydrogen-bond acceptors (Lipinski definition) is 12. The molecule has 0 spiro atoms. The van der Waals surface area contributed by atoms with Gasteiger partial charge in [0.15, 0.2) is 0 Å². The predicted molar refractivity (Wildman–Crippen MR) is 316 cm³/mol. The average Bonchev–Trinajstić information content (AvgIpc) is 4.46. The number of likely N-dealkylation sites (tertiary alicyclic amines) is 1. The summed E-state index contributed by atoms with van der Waals surface area (Å²) in [6.45, 7) is 10.7. The second kappa shape index (κ2) is 34.3. The van der Waals surface area contributed by atoms with Crippen LogP contribution in [0.1, 0.15) is 148 Å². The summed E-state index contributed by atoms with van der Waals surface area (Å²) in [5.41, 5.74) is 2.14. The number of aliphatic hydroxyl groups excluding tert-OH is 1. The van der Waals surface area contributed by atoms with E-state index >= 15 is 0 Å². The van der Waals surface area contributed by atoms with Gasteiger partial charge in [0.05, 0.1) is 36.6 Å². The van der Waals surface area contributed by atoms with Gasteiger partial charge in [0, 0.05) is 97.1 Å². The number of unbranched alkanes of at least 4 members (excludes halogenated alkanes) is 4. The Kier molecular flexibility index (Phi) is 27.8. The molecule has 2 heterocycles. The van der Waals surface area contributed by atoms with E-state index < -0.39 is 54.1 Å². The van der Waals surface area contributed by atoms with Gasteiger partial charge in [-0.15, -0.1) is 0 Å². The fourth-order valence-electron chi connectivity index (χ4n) is 11.8. The van der Waals surface area contributed by atoms with E-state index in [-0.39, 0.29) is 97.6 Å². The van der Waals surface area contributed by atoms with Gasteiger partial charge in [-0.1, -0.05) is 96.3 Å². The van der Waals surface area contributed by atoms with Crippen LogP contribution in [0, 0.1) is 23.7 Å². The Bertz CT molecular complexity index is 2470. The molecule has 3 aliphatic rings. The zero-order valence-electron chi connectivity index (χ0n) is 50.3. The lowest BCUT2D eigenvalue weighted by molar-refractivity contribution is -0.147. The molecular formula is C63H94N8O12. The molecule has 5 rings (SSSR count). The minimum Gasteiger partial charge on any atom is -0.396 e. The standard InChI is InChI=1S/C63H94N8O12/c1-9-42(4)59(69(6)63(81)58(41(2)3)68-54(75)38-46-27-30-48(36-46)65-53(74)24-16-12-18-35-72)51(82-7)39-57(78)70-34-19-22-50(70)60(83-8)43(5)61(79)67-49(37-44-20-13-10-14-21-44)62(80)66-47-28-25-45(26-29-47)40-64-52(73)23-15-11-17-33-71-55(76)31-32-56(71)77/h10,13-14,20-21,25-26,28-29,31-32,41-43,46,48-51,58-60,72H,9,11-12,15-19,22-24,27,30,33-40H2,1-8H3,(H,64,73)(H,65,74)(H,66,80)(H,67,79)(H,68,75)/t42-,43+,46?,48-,49-,50-,51+,58-,59-,60+/m0/s1. The SMILES string of the molecule is CC[C@H](C)[C@@H]([C@@H](CC(=O)N1CCC[C@H]1[C@H](OC)[C@@H](C)C(=O)N[C@@H](Cc1ccccc1)C(=O)Nc1ccc(CNC(=O)CCCCCN2C(=O)C=CC2=O)cc1)OC)N(C)C(=O)[C@@H](NC(=O)CC1CC[C@H](NC(=O)CCCCCO)C1)C(C)C. The van der Waals surface area contributed by atoms with Gasteiger partial charge >= 0.3 is 0 Å². The van der Waals surface area contributed by atoms with Crippen LogP contribution in [-0.4, -0.2) is 156 Å². The van der Waals surface area contributed by atoms with Crippen molar-refractivity contribution in [3.63, 3.8) is 0 Å². The van der Waals surface area contributed by atoms with Crippen molar-refractivity contribution in [3.05, 3.63) is 77.9 Å². The molecule has 458 valence electrons. The van der Waals surface area contributed by atoms with Crippen molar-refractivity contribution >= 4 is 58.9 Å². The number of likely N-dealkylation sites (N-methyl/N-ethyl adjacent to an activating group) is 1. The molecule has 0 bridgehead atoms. The van der Waals surface area contributed by atoms with Gasteiger partial charge in [0.25, 0.3) is 11.8 Å². The highest BCUT2D eigenvalue weighted by Gasteiger charge is 2.43. The molecule has 1 aliphatic carbocycles. The number of amides is 9. The summed E-state index contributed by atoms with van der Waals surface area (Å²) in [6.07, 6.45) is 10.4. The summed E-state index contributed by atoms with van der Waals surface area (Å²) in [4.78, 5) is 124. The Morgan fingerprint density at radius 1 is 0.759 bits per heavy atom. The smallest absolute Gasteiger partial charge is 0.253 e. The van der Waals surface area contributed by atoms with E-state index in [1.807, 2.05) is 58.0 Å². The summed E-state index contributed by atoms with van der Waals surface area (Å²) in [6, 6.07) is 13.6. The van der Waals surface area contributed by atoms with Crippen LogP contribution in [-0.2, 0) is 65.6 Å². The Hall–Kier alpha value is -6.51. The number of benzene rings is 2. The summed E-state index contributed by atoms with van der Waals surface area (Å²) < 4.78 is 12.2. The maximum atomic E-state index is 14.6. The van der Waals surface area contributed by atoms with Crippen molar-refractivity contribution in [1.29, 1.82) is 0 Å². The minimum atomic E-state index is -0.985. The molecule has 9 amide bonds. The molecule has 20 nitrogen and oxygen atoms in total. The van der Waals surface area contributed by atoms with E-state index in [1.165, 1.54) is 31.3 Å². The van der Waals surface area contributed by atoms with Crippen LogP contribution in [0.3, 0.4) is 0 Å². The van der Waals surface area contributed by atoms with E-state index in [1.54, 1.807) is 48.0 Å². The van der Waals surface area contributed by atoms with E-state index in [4.69, 9.17) is 14.6 Å². The molecule has 2 aromatic carbocycles. The first kappa shape index (κ1) is 67.3. The largest absolute Gasteiger partial charge is 0.396 e. The van der Waals surface area contributed by atoms with Crippen LogP contribution in [0.4, 0.5) is 5.69 Å². The van der Waals surface area contributed by atoms with Crippen molar-refractivity contribution in [1.82, 2.24) is 36.0 Å². The van der Waals surface area contributed by atoms with Gasteiger partial charge in [-0.2, -0.15) is 0 Å².